The Bertz CT molecular complexity index is 714. The number of fused-ring (bicyclic) bond motifs is 1. The molecule has 2 aromatic rings. The van der Waals surface area contributed by atoms with Crippen LogP contribution in [0, 0.1) is 17.0 Å². The Kier molecular flexibility index (Phi) is 3.41. The lowest BCUT2D eigenvalue weighted by Gasteiger charge is -2.14. The summed E-state index contributed by atoms with van der Waals surface area (Å²) in [4.78, 5) is 0. The highest BCUT2D eigenvalue weighted by Crippen LogP contribution is 2.40. The minimum Gasteiger partial charge on any atom is -0.485 e. The van der Waals surface area contributed by atoms with Crippen molar-refractivity contribution in [1.29, 1.82) is 5.41 Å². The van der Waals surface area contributed by atoms with Gasteiger partial charge in [-0.25, -0.2) is 8.78 Å². The van der Waals surface area contributed by atoms with Gasteiger partial charge in [-0.2, -0.15) is 0 Å². The summed E-state index contributed by atoms with van der Waals surface area (Å²) >= 11 is 5.75. The lowest BCUT2D eigenvalue weighted by molar-refractivity contribution is 0.232. The lowest BCUT2D eigenvalue weighted by Crippen LogP contribution is -2.09. The first-order chi connectivity index (χ1) is 9.97. The topological polar surface area (TPSA) is 33.1 Å². The Balaban J connectivity index is 1.98. The Hall–Kier alpha value is -1.94. The molecule has 1 aliphatic heterocycles. The van der Waals surface area contributed by atoms with Gasteiger partial charge in [0.05, 0.1) is 5.02 Å². The van der Waals surface area contributed by atoms with Gasteiger partial charge in [-0.3, -0.25) is 0 Å². The second-order valence-corrected chi connectivity index (χ2v) is 5.43. The first-order valence-electron chi connectivity index (χ1n) is 6.46. The number of hydrogen-bond acceptors (Lipinski definition) is 2. The second-order valence-electron chi connectivity index (χ2n) is 5.02. The number of ether oxygens (including phenoxy) is 1. The van der Waals surface area contributed by atoms with Crippen molar-refractivity contribution < 1.29 is 13.5 Å². The van der Waals surface area contributed by atoms with Crippen molar-refractivity contribution in [2.24, 2.45) is 0 Å². The Morgan fingerprint density at radius 3 is 2.81 bits per heavy atom. The van der Waals surface area contributed by atoms with E-state index < -0.39 is 17.7 Å². The van der Waals surface area contributed by atoms with E-state index in [1.54, 1.807) is 18.2 Å². The summed E-state index contributed by atoms with van der Waals surface area (Å²) in [5.74, 6) is -0.631. The highest BCUT2D eigenvalue weighted by Gasteiger charge is 2.28. The van der Waals surface area contributed by atoms with Gasteiger partial charge in [0.2, 0.25) is 0 Å². The van der Waals surface area contributed by atoms with Crippen LogP contribution in [0.4, 0.5) is 8.78 Å². The molecule has 3 rings (SSSR count). The highest BCUT2D eigenvalue weighted by molar-refractivity contribution is 6.30. The molecule has 1 heterocycles. The van der Waals surface area contributed by atoms with Crippen LogP contribution < -0.4 is 4.74 Å². The minimum atomic E-state index is -0.555. The van der Waals surface area contributed by atoms with Crippen LogP contribution in [-0.4, -0.2) is 5.71 Å². The van der Waals surface area contributed by atoms with Crippen molar-refractivity contribution in [3.05, 3.63) is 63.7 Å². The fourth-order valence-corrected chi connectivity index (χ4v) is 2.68. The van der Waals surface area contributed by atoms with Crippen molar-refractivity contribution in [3.63, 3.8) is 0 Å². The predicted molar refractivity (Wildman–Crippen MR) is 77.4 cm³/mol. The molecule has 2 aromatic carbocycles. The summed E-state index contributed by atoms with van der Waals surface area (Å²) in [6, 6.07) is 7.60. The maximum atomic E-state index is 14.4. The Labute approximate surface area is 125 Å². The molecule has 1 N–H and O–H groups in total. The minimum absolute atomic E-state index is 0.0301. The first-order valence-corrected chi connectivity index (χ1v) is 6.83. The van der Waals surface area contributed by atoms with Crippen molar-refractivity contribution in [1.82, 2.24) is 0 Å². The third kappa shape index (κ3) is 2.40. The molecule has 1 unspecified atom stereocenters. The van der Waals surface area contributed by atoms with Gasteiger partial charge in [-0.05, 0) is 18.6 Å². The third-order valence-corrected chi connectivity index (χ3v) is 3.85. The molecule has 108 valence electrons. The summed E-state index contributed by atoms with van der Waals surface area (Å²) in [5.41, 5.74) is 1.52. The molecule has 5 heteroatoms. The highest BCUT2D eigenvalue weighted by atomic mass is 35.5. The van der Waals surface area contributed by atoms with E-state index >= 15 is 0 Å². The molecule has 0 amide bonds. The third-order valence-electron chi connectivity index (χ3n) is 3.56. The molecule has 0 bridgehead atoms. The normalized spacial score (nSPS) is 16.5. The van der Waals surface area contributed by atoms with E-state index in [1.165, 1.54) is 19.1 Å². The molecule has 0 saturated carbocycles. The molecular weight excluding hydrogens is 296 g/mol. The first kappa shape index (κ1) is 14.0. The summed E-state index contributed by atoms with van der Waals surface area (Å²) in [6.07, 6.45) is -0.107. The molecule has 0 aromatic heterocycles. The van der Waals surface area contributed by atoms with Crippen molar-refractivity contribution >= 4 is 17.3 Å². The Morgan fingerprint density at radius 2 is 2.10 bits per heavy atom. The van der Waals surface area contributed by atoms with Crippen LogP contribution in [-0.2, 0) is 6.42 Å². The average molecular weight is 308 g/mol. The summed E-state index contributed by atoms with van der Waals surface area (Å²) in [5, 5.41) is 7.61. The molecule has 0 radical (unpaired) electrons. The summed E-state index contributed by atoms with van der Waals surface area (Å²) in [7, 11) is 0. The van der Waals surface area contributed by atoms with Crippen LogP contribution in [0.5, 0.6) is 5.75 Å². The SMILES string of the molecule is CC(=N)c1cccc(C2Cc3cc(Cl)c(F)cc3O2)c1F. The van der Waals surface area contributed by atoms with Gasteiger partial charge in [-0.15, -0.1) is 0 Å². The monoisotopic (exact) mass is 307 g/mol. The van der Waals surface area contributed by atoms with Gasteiger partial charge in [0.1, 0.15) is 23.5 Å². The average Bonchev–Trinajstić information content (AvgIpc) is 2.81. The van der Waals surface area contributed by atoms with E-state index in [2.05, 4.69) is 0 Å². The van der Waals surface area contributed by atoms with Gasteiger partial charge in [0.15, 0.2) is 0 Å². The van der Waals surface area contributed by atoms with E-state index in [-0.39, 0.29) is 16.3 Å². The molecule has 0 aliphatic carbocycles. The van der Waals surface area contributed by atoms with Gasteiger partial charge < -0.3 is 10.1 Å². The van der Waals surface area contributed by atoms with Crippen LogP contribution in [0.15, 0.2) is 30.3 Å². The number of hydrogen-bond donors (Lipinski definition) is 1. The zero-order valence-corrected chi connectivity index (χ0v) is 12.0. The van der Waals surface area contributed by atoms with Crippen LogP contribution in [0.25, 0.3) is 0 Å². The molecule has 1 atom stereocenters. The van der Waals surface area contributed by atoms with Crippen LogP contribution in [0.2, 0.25) is 5.02 Å². The predicted octanol–water partition coefficient (Wildman–Crippen LogP) is 4.68. The zero-order valence-electron chi connectivity index (χ0n) is 11.2. The van der Waals surface area contributed by atoms with Crippen LogP contribution in [0.3, 0.4) is 0 Å². The van der Waals surface area contributed by atoms with Crippen LogP contribution in [0.1, 0.15) is 29.7 Å². The van der Waals surface area contributed by atoms with Gasteiger partial charge >= 0.3 is 0 Å². The van der Waals surface area contributed by atoms with E-state index in [9.17, 15) is 8.78 Å². The molecule has 21 heavy (non-hydrogen) atoms. The lowest BCUT2D eigenvalue weighted by atomic mass is 9.99. The number of halogens is 3. The maximum Gasteiger partial charge on any atom is 0.145 e. The van der Waals surface area contributed by atoms with Crippen molar-refractivity contribution in [2.75, 3.05) is 0 Å². The molecule has 1 aliphatic rings. The van der Waals surface area contributed by atoms with Crippen molar-refractivity contribution in [2.45, 2.75) is 19.4 Å². The molecule has 0 spiro atoms. The van der Waals surface area contributed by atoms with Gasteiger partial charge in [0, 0.05) is 29.3 Å². The number of rotatable bonds is 2. The Morgan fingerprint density at radius 1 is 1.33 bits per heavy atom. The number of nitrogens with one attached hydrogen (secondary N) is 1. The molecular formula is C16H12ClF2NO. The van der Waals surface area contributed by atoms with Crippen molar-refractivity contribution in [3.8, 4) is 5.75 Å². The van der Waals surface area contributed by atoms with Gasteiger partial charge in [0.25, 0.3) is 0 Å². The molecule has 0 fully saturated rings. The fraction of sp³-hybridized carbons (Fsp3) is 0.188. The maximum absolute atomic E-state index is 14.4. The fourth-order valence-electron chi connectivity index (χ4n) is 2.50. The second kappa shape index (κ2) is 5.11. The molecule has 2 nitrogen and oxygen atoms in total. The molecule has 0 saturated heterocycles. The zero-order chi connectivity index (χ0) is 15.1. The largest absolute Gasteiger partial charge is 0.485 e. The standard InChI is InChI=1S/C16H12ClF2NO/c1-8(20)10-3-2-4-11(16(10)19)15-6-9-5-12(17)13(18)7-14(9)21-15/h2-5,7,15,20H,6H2,1H3. The van der Waals surface area contributed by atoms with Crippen LogP contribution >= 0.6 is 11.6 Å². The van der Waals surface area contributed by atoms with E-state index in [0.717, 1.165) is 5.56 Å². The summed E-state index contributed by atoms with van der Waals surface area (Å²) < 4.78 is 33.5. The summed E-state index contributed by atoms with van der Waals surface area (Å²) in [6.45, 7) is 1.53. The van der Waals surface area contributed by atoms with E-state index in [4.69, 9.17) is 21.7 Å². The van der Waals surface area contributed by atoms with E-state index in [0.29, 0.717) is 17.7 Å². The van der Waals surface area contributed by atoms with E-state index in [1.807, 2.05) is 0 Å². The van der Waals surface area contributed by atoms with Gasteiger partial charge in [-0.1, -0.05) is 29.8 Å². The smallest absolute Gasteiger partial charge is 0.145 e. The quantitative estimate of drug-likeness (QED) is 0.803. The number of benzene rings is 2.